The summed E-state index contributed by atoms with van der Waals surface area (Å²) < 4.78 is 45.4. The molecule has 0 aromatic heterocycles. The number of benzene rings is 1. The van der Waals surface area contributed by atoms with Gasteiger partial charge >= 0.3 is 7.60 Å². The average Bonchev–Trinajstić information content (AvgIpc) is 2.83. The summed E-state index contributed by atoms with van der Waals surface area (Å²) in [5, 5.41) is 21.3. The molecular formula is C25H46NO8PS. The molecule has 0 spiro atoms. The summed E-state index contributed by atoms with van der Waals surface area (Å²) >= 11 is 0. The molecule has 1 aromatic carbocycles. The summed E-state index contributed by atoms with van der Waals surface area (Å²) in [6.45, 7) is 3.95. The number of sulfonamides is 1. The highest BCUT2D eigenvalue weighted by Gasteiger charge is 2.43. The molecule has 36 heavy (non-hydrogen) atoms. The van der Waals surface area contributed by atoms with E-state index in [0.29, 0.717) is 18.4 Å². The number of hydrogen-bond donors (Lipinski definition) is 5. The van der Waals surface area contributed by atoms with Gasteiger partial charge in [0.2, 0.25) is 10.0 Å². The molecule has 0 amide bonds. The Balaban J connectivity index is 2.84. The second-order valence-electron chi connectivity index (χ2n) is 9.41. The van der Waals surface area contributed by atoms with Gasteiger partial charge in [-0.25, -0.2) is 13.1 Å². The van der Waals surface area contributed by atoms with Crippen molar-refractivity contribution in [2.75, 3.05) is 5.75 Å². The number of aliphatic hydroxyl groups is 2. The zero-order valence-corrected chi connectivity index (χ0v) is 23.4. The molecule has 0 aliphatic carbocycles. The van der Waals surface area contributed by atoms with Crippen LogP contribution < -0.4 is 4.72 Å². The summed E-state index contributed by atoms with van der Waals surface area (Å²) in [5.41, 5.74) is 0.674. The molecule has 4 unspecified atom stereocenters. The molecule has 0 fully saturated rings. The largest absolute Gasteiger partial charge is 0.389 e. The predicted molar refractivity (Wildman–Crippen MR) is 142 cm³/mol. The van der Waals surface area contributed by atoms with Gasteiger partial charge in [-0.3, -0.25) is 4.57 Å². The standard InChI is InChI=1S/C25H46NO8PS/c1-3-5-7-8-9-10-11-15-19-36(32,33)26-22(18-6-4-2)23(27)24(25(28)35(29,30)31)34-20-21-16-13-12-14-17-21/h12-14,16-17,22-28H,3-11,15,18-20H2,1-2H3,(H2,29,30,31). The maximum atomic E-state index is 12.8. The molecular weight excluding hydrogens is 505 g/mol. The third kappa shape index (κ3) is 13.6. The molecule has 0 aliphatic rings. The summed E-state index contributed by atoms with van der Waals surface area (Å²) in [6.07, 6.45) is 6.20. The molecule has 9 nitrogen and oxygen atoms in total. The van der Waals surface area contributed by atoms with Crippen molar-refractivity contribution in [1.82, 2.24) is 4.72 Å². The Labute approximate surface area is 216 Å². The molecule has 1 aromatic rings. The summed E-state index contributed by atoms with van der Waals surface area (Å²) in [6, 6.07) is 7.70. The zero-order chi connectivity index (χ0) is 27.0. The molecule has 11 heteroatoms. The molecule has 1 rings (SSSR count). The summed E-state index contributed by atoms with van der Waals surface area (Å²) in [7, 11) is -8.81. The quantitative estimate of drug-likeness (QED) is 0.113. The van der Waals surface area contributed by atoms with Crippen LogP contribution in [0, 0.1) is 0 Å². The van der Waals surface area contributed by atoms with E-state index in [2.05, 4.69) is 11.6 Å². The van der Waals surface area contributed by atoms with E-state index in [1.165, 1.54) is 19.3 Å². The zero-order valence-electron chi connectivity index (χ0n) is 21.7. The SMILES string of the molecule is CCCCCCCCCCS(=O)(=O)NC(CCCC)C(O)C(OCc1ccccc1)C(O)P(=O)(O)O. The van der Waals surface area contributed by atoms with Gasteiger partial charge in [0.05, 0.1) is 24.5 Å². The van der Waals surface area contributed by atoms with Crippen LogP contribution in [0.25, 0.3) is 0 Å². The summed E-state index contributed by atoms with van der Waals surface area (Å²) in [4.78, 5) is 19.1. The molecule has 210 valence electrons. The number of nitrogens with one attached hydrogen (secondary N) is 1. The first-order valence-electron chi connectivity index (χ1n) is 13.1. The molecule has 0 radical (unpaired) electrons. The van der Waals surface area contributed by atoms with E-state index in [9.17, 15) is 33.0 Å². The third-order valence-corrected chi connectivity index (χ3v) is 8.61. The minimum atomic E-state index is -5.05. The Morgan fingerprint density at radius 1 is 0.889 bits per heavy atom. The Kier molecular flexibility index (Phi) is 16.3. The van der Waals surface area contributed by atoms with Crippen LogP contribution in [-0.4, -0.2) is 58.3 Å². The van der Waals surface area contributed by atoms with E-state index in [1.807, 2.05) is 6.92 Å². The van der Waals surface area contributed by atoms with Crippen molar-refractivity contribution in [3.63, 3.8) is 0 Å². The van der Waals surface area contributed by atoms with Crippen LogP contribution in [-0.2, 0) is 25.9 Å². The lowest BCUT2D eigenvalue weighted by Crippen LogP contribution is -2.53. The lowest BCUT2D eigenvalue weighted by atomic mass is 10.0. The van der Waals surface area contributed by atoms with Crippen molar-refractivity contribution in [1.29, 1.82) is 0 Å². The number of rotatable bonds is 21. The van der Waals surface area contributed by atoms with E-state index in [4.69, 9.17) is 4.74 Å². The molecule has 0 heterocycles. The van der Waals surface area contributed by atoms with E-state index < -0.39 is 41.7 Å². The fraction of sp³-hybridized carbons (Fsp3) is 0.760. The highest BCUT2D eigenvalue weighted by molar-refractivity contribution is 7.89. The smallest absolute Gasteiger partial charge is 0.356 e. The molecule has 0 saturated heterocycles. The van der Waals surface area contributed by atoms with Crippen molar-refractivity contribution in [3.8, 4) is 0 Å². The van der Waals surface area contributed by atoms with E-state index >= 15 is 0 Å². The Morgan fingerprint density at radius 2 is 1.44 bits per heavy atom. The third-order valence-electron chi connectivity index (χ3n) is 6.14. The fourth-order valence-electron chi connectivity index (χ4n) is 3.99. The van der Waals surface area contributed by atoms with Gasteiger partial charge in [0.25, 0.3) is 0 Å². The highest BCUT2D eigenvalue weighted by Crippen LogP contribution is 2.43. The van der Waals surface area contributed by atoms with E-state index in [-0.39, 0.29) is 18.8 Å². The van der Waals surface area contributed by atoms with Crippen LogP contribution in [0.3, 0.4) is 0 Å². The lowest BCUT2D eigenvalue weighted by molar-refractivity contribution is -0.0978. The molecule has 0 saturated carbocycles. The van der Waals surface area contributed by atoms with Crippen molar-refractivity contribution >= 4 is 17.6 Å². The molecule has 0 aliphatic heterocycles. The summed E-state index contributed by atoms with van der Waals surface area (Å²) in [5.74, 6) is -2.41. The maximum Gasteiger partial charge on any atom is 0.356 e. The second-order valence-corrected chi connectivity index (χ2v) is 13.0. The van der Waals surface area contributed by atoms with E-state index in [1.54, 1.807) is 30.3 Å². The Morgan fingerprint density at radius 3 is 2.00 bits per heavy atom. The van der Waals surface area contributed by atoms with Crippen LogP contribution >= 0.6 is 7.60 Å². The minimum absolute atomic E-state index is 0.103. The van der Waals surface area contributed by atoms with Gasteiger partial charge in [-0.05, 0) is 18.4 Å². The van der Waals surface area contributed by atoms with Gasteiger partial charge in [0.1, 0.15) is 6.10 Å². The predicted octanol–water partition coefficient (Wildman–Crippen LogP) is 4.05. The minimum Gasteiger partial charge on any atom is -0.389 e. The average molecular weight is 552 g/mol. The monoisotopic (exact) mass is 551 g/mol. The number of aliphatic hydroxyl groups excluding tert-OH is 2. The molecule has 4 atom stereocenters. The maximum absolute atomic E-state index is 12.8. The highest BCUT2D eigenvalue weighted by atomic mass is 32.2. The van der Waals surface area contributed by atoms with Crippen LogP contribution in [0.1, 0.15) is 90.0 Å². The first-order chi connectivity index (χ1) is 17.0. The van der Waals surface area contributed by atoms with Crippen molar-refractivity contribution in [2.24, 2.45) is 0 Å². The molecule has 5 N–H and O–H groups in total. The van der Waals surface area contributed by atoms with E-state index in [0.717, 1.165) is 32.1 Å². The van der Waals surface area contributed by atoms with Gasteiger partial charge in [-0.2, -0.15) is 0 Å². The van der Waals surface area contributed by atoms with Crippen LogP contribution in [0.2, 0.25) is 0 Å². The first-order valence-corrected chi connectivity index (χ1v) is 16.4. The van der Waals surface area contributed by atoms with Crippen LogP contribution in [0.4, 0.5) is 0 Å². The topological polar surface area (TPSA) is 153 Å². The van der Waals surface area contributed by atoms with Crippen LogP contribution in [0.5, 0.6) is 0 Å². The first kappa shape index (κ1) is 33.2. The Bertz CT molecular complexity index is 849. The Hall–Kier alpha value is -0.840. The van der Waals surface area contributed by atoms with Gasteiger partial charge in [0, 0.05) is 0 Å². The number of ether oxygens (including phenoxy) is 1. The lowest BCUT2D eigenvalue weighted by Gasteiger charge is -2.33. The van der Waals surface area contributed by atoms with Gasteiger partial charge in [-0.1, -0.05) is 102 Å². The van der Waals surface area contributed by atoms with Gasteiger partial charge in [0.15, 0.2) is 5.85 Å². The molecule has 0 bridgehead atoms. The van der Waals surface area contributed by atoms with Crippen LogP contribution in [0.15, 0.2) is 30.3 Å². The van der Waals surface area contributed by atoms with Crippen molar-refractivity contribution < 1.29 is 37.7 Å². The van der Waals surface area contributed by atoms with Crippen molar-refractivity contribution in [2.45, 2.75) is 115 Å². The number of unbranched alkanes of at least 4 members (excludes halogenated alkanes) is 8. The fourth-order valence-corrected chi connectivity index (χ4v) is 6.05. The second kappa shape index (κ2) is 17.6. The number of hydrogen-bond acceptors (Lipinski definition) is 6. The van der Waals surface area contributed by atoms with Crippen molar-refractivity contribution in [3.05, 3.63) is 35.9 Å². The normalized spacial score (nSPS) is 15.9. The van der Waals surface area contributed by atoms with Gasteiger partial charge < -0.3 is 24.7 Å². The van der Waals surface area contributed by atoms with Gasteiger partial charge in [-0.15, -0.1) is 0 Å².